The van der Waals surface area contributed by atoms with Crippen LogP contribution in [-0.4, -0.2) is 17.9 Å². The number of ether oxygens (including phenoxy) is 1. The number of anilines is 1. The van der Waals surface area contributed by atoms with Gasteiger partial charge in [-0.25, -0.2) is 4.98 Å². The van der Waals surface area contributed by atoms with E-state index >= 15 is 0 Å². The number of hydrogen-bond acceptors (Lipinski definition) is 6. The minimum Gasteiger partial charge on any atom is -0.497 e. The summed E-state index contributed by atoms with van der Waals surface area (Å²) in [4.78, 5) is 4.49. The molecule has 0 spiro atoms. The number of thiazole rings is 1. The fourth-order valence-corrected chi connectivity index (χ4v) is 3.30. The summed E-state index contributed by atoms with van der Waals surface area (Å²) in [5, 5.41) is 13.7. The number of hydrazone groups is 1. The number of amidine groups is 1. The first-order chi connectivity index (χ1) is 13.8. The van der Waals surface area contributed by atoms with E-state index in [1.165, 1.54) is 11.3 Å². The van der Waals surface area contributed by atoms with Gasteiger partial charge in [0.2, 0.25) is 11.0 Å². The van der Waals surface area contributed by atoms with Gasteiger partial charge in [-0.2, -0.15) is 5.10 Å². The zero-order chi connectivity index (χ0) is 19.2. The number of azo groups is 1. The van der Waals surface area contributed by atoms with E-state index < -0.39 is 0 Å². The summed E-state index contributed by atoms with van der Waals surface area (Å²) in [6, 6.07) is 25.1. The van der Waals surface area contributed by atoms with Crippen molar-refractivity contribution in [1.82, 2.24) is 4.98 Å². The molecular formula is C21H17N5OS. The summed E-state index contributed by atoms with van der Waals surface area (Å²) < 4.78 is 6.29. The van der Waals surface area contributed by atoms with E-state index in [9.17, 15) is 0 Å². The first-order valence-electron chi connectivity index (χ1n) is 8.62. The van der Waals surface area contributed by atoms with E-state index in [-0.39, 0.29) is 0 Å². The normalized spacial score (nSPS) is 11.8. The van der Waals surface area contributed by atoms with Crippen LogP contribution in [0.25, 0.3) is 10.2 Å². The molecule has 0 saturated carbocycles. The van der Waals surface area contributed by atoms with Crippen LogP contribution in [0.4, 0.5) is 10.8 Å². The lowest BCUT2D eigenvalue weighted by atomic mass is 10.2. The van der Waals surface area contributed by atoms with E-state index in [0.717, 1.165) is 27.2 Å². The summed E-state index contributed by atoms with van der Waals surface area (Å²) in [5.41, 5.74) is 5.61. The molecule has 0 aliphatic heterocycles. The average molecular weight is 387 g/mol. The lowest BCUT2D eigenvalue weighted by Crippen LogP contribution is -2.01. The smallest absolute Gasteiger partial charge is 0.231 e. The second-order valence-electron chi connectivity index (χ2n) is 5.81. The molecule has 7 heteroatoms. The Morgan fingerprint density at radius 1 is 0.929 bits per heavy atom. The molecule has 0 amide bonds. The molecule has 0 unspecified atom stereocenters. The molecule has 0 atom stereocenters. The third kappa shape index (κ3) is 4.21. The van der Waals surface area contributed by atoms with Crippen LogP contribution in [0.3, 0.4) is 0 Å². The van der Waals surface area contributed by atoms with Crippen LogP contribution >= 0.6 is 11.3 Å². The van der Waals surface area contributed by atoms with Crippen molar-refractivity contribution >= 4 is 38.2 Å². The zero-order valence-corrected chi connectivity index (χ0v) is 15.9. The van der Waals surface area contributed by atoms with Gasteiger partial charge in [0.1, 0.15) is 5.75 Å². The Labute approximate surface area is 166 Å². The highest BCUT2D eigenvalue weighted by atomic mass is 32.1. The quantitative estimate of drug-likeness (QED) is 0.202. The highest BCUT2D eigenvalue weighted by Crippen LogP contribution is 2.28. The van der Waals surface area contributed by atoms with Gasteiger partial charge in [-0.15, -0.1) is 10.2 Å². The molecule has 138 valence electrons. The molecule has 0 saturated heterocycles. The van der Waals surface area contributed by atoms with Gasteiger partial charge in [0.15, 0.2) is 0 Å². The number of nitrogens with zero attached hydrogens (tertiary/aromatic N) is 4. The Morgan fingerprint density at radius 2 is 1.68 bits per heavy atom. The van der Waals surface area contributed by atoms with Gasteiger partial charge >= 0.3 is 0 Å². The van der Waals surface area contributed by atoms with Crippen molar-refractivity contribution in [2.24, 2.45) is 15.3 Å². The van der Waals surface area contributed by atoms with Gasteiger partial charge < -0.3 is 4.74 Å². The van der Waals surface area contributed by atoms with Crippen molar-refractivity contribution in [1.29, 1.82) is 0 Å². The van der Waals surface area contributed by atoms with Gasteiger partial charge in [0, 0.05) is 5.56 Å². The van der Waals surface area contributed by atoms with Gasteiger partial charge in [-0.1, -0.05) is 41.7 Å². The van der Waals surface area contributed by atoms with Gasteiger partial charge in [-0.05, 0) is 48.5 Å². The molecule has 4 aromatic rings. The van der Waals surface area contributed by atoms with Crippen LogP contribution in [0.5, 0.6) is 5.75 Å². The highest BCUT2D eigenvalue weighted by molar-refractivity contribution is 7.21. The maximum absolute atomic E-state index is 5.22. The minimum absolute atomic E-state index is 0.450. The maximum Gasteiger partial charge on any atom is 0.231 e. The molecule has 0 aliphatic carbocycles. The van der Waals surface area contributed by atoms with E-state index in [1.807, 2.05) is 78.9 Å². The van der Waals surface area contributed by atoms with Crippen LogP contribution in [0, 0.1) is 0 Å². The predicted octanol–water partition coefficient (Wildman–Crippen LogP) is 5.86. The minimum atomic E-state index is 0.450. The molecule has 1 aromatic heterocycles. The average Bonchev–Trinajstić information content (AvgIpc) is 3.18. The van der Waals surface area contributed by atoms with Crippen LogP contribution in [0.15, 0.2) is 94.2 Å². The number of benzene rings is 3. The number of hydrogen-bond donors (Lipinski definition) is 1. The van der Waals surface area contributed by atoms with Crippen molar-refractivity contribution in [2.45, 2.75) is 0 Å². The number of para-hydroxylation sites is 2. The van der Waals surface area contributed by atoms with E-state index in [0.29, 0.717) is 11.0 Å². The number of rotatable bonds is 5. The van der Waals surface area contributed by atoms with Gasteiger partial charge in [0.05, 0.1) is 23.0 Å². The lowest BCUT2D eigenvalue weighted by molar-refractivity contribution is 0.415. The van der Waals surface area contributed by atoms with Crippen molar-refractivity contribution in [3.8, 4) is 5.75 Å². The molecule has 1 heterocycles. The standard InChI is InChI=1S/C21H17N5OS/c1-27-17-13-11-15(12-14-17)20(24-23-16-7-3-2-4-8-16)25-26-21-22-18-9-5-6-10-19(18)28-21/h2-14,23H,1H3. The Balaban J connectivity index is 1.64. The first kappa shape index (κ1) is 17.8. The second kappa shape index (κ2) is 8.41. The maximum atomic E-state index is 5.22. The zero-order valence-electron chi connectivity index (χ0n) is 15.1. The largest absolute Gasteiger partial charge is 0.497 e. The van der Waals surface area contributed by atoms with Gasteiger partial charge in [-0.3, -0.25) is 5.43 Å². The number of nitrogens with one attached hydrogen (secondary N) is 1. The molecule has 6 nitrogen and oxygen atoms in total. The van der Waals surface area contributed by atoms with Gasteiger partial charge in [0.25, 0.3) is 0 Å². The van der Waals surface area contributed by atoms with Crippen LogP contribution in [0.1, 0.15) is 5.56 Å². The van der Waals surface area contributed by atoms with Crippen molar-refractivity contribution < 1.29 is 4.74 Å². The summed E-state index contributed by atoms with van der Waals surface area (Å²) in [6.45, 7) is 0. The molecule has 4 rings (SSSR count). The molecular weight excluding hydrogens is 370 g/mol. The van der Waals surface area contributed by atoms with E-state index in [1.54, 1.807) is 7.11 Å². The Bertz CT molecular complexity index is 1090. The molecule has 0 aliphatic rings. The topological polar surface area (TPSA) is 71.2 Å². The second-order valence-corrected chi connectivity index (χ2v) is 6.82. The van der Waals surface area contributed by atoms with Crippen LogP contribution in [0.2, 0.25) is 0 Å². The van der Waals surface area contributed by atoms with E-state index in [4.69, 9.17) is 4.74 Å². The summed E-state index contributed by atoms with van der Waals surface area (Å²) in [7, 11) is 1.63. The van der Waals surface area contributed by atoms with Crippen LogP contribution < -0.4 is 10.2 Å². The number of aromatic nitrogens is 1. The van der Waals surface area contributed by atoms with E-state index in [2.05, 4.69) is 25.7 Å². The van der Waals surface area contributed by atoms with Crippen molar-refractivity contribution in [3.05, 3.63) is 84.4 Å². The molecule has 0 fully saturated rings. The SMILES string of the molecule is COc1ccc(C(N=Nc2nc3ccccc3s2)=NNc2ccccc2)cc1. The molecule has 1 N–H and O–H groups in total. The lowest BCUT2D eigenvalue weighted by Gasteiger charge is -2.04. The molecule has 3 aromatic carbocycles. The van der Waals surface area contributed by atoms with Crippen LogP contribution in [-0.2, 0) is 0 Å². The fourth-order valence-electron chi connectivity index (χ4n) is 2.51. The Hall–Kier alpha value is -3.58. The Morgan fingerprint density at radius 3 is 2.43 bits per heavy atom. The predicted molar refractivity (Wildman–Crippen MR) is 114 cm³/mol. The molecule has 0 radical (unpaired) electrons. The third-order valence-electron chi connectivity index (χ3n) is 3.93. The Kier molecular flexibility index (Phi) is 5.35. The first-order valence-corrected chi connectivity index (χ1v) is 9.44. The third-order valence-corrected chi connectivity index (χ3v) is 4.85. The summed E-state index contributed by atoms with van der Waals surface area (Å²) in [6.07, 6.45) is 0. The fraction of sp³-hybridized carbons (Fsp3) is 0.0476. The summed E-state index contributed by atoms with van der Waals surface area (Å²) in [5.74, 6) is 1.22. The number of methoxy groups -OCH3 is 1. The van der Waals surface area contributed by atoms with Crippen molar-refractivity contribution in [2.75, 3.05) is 12.5 Å². The monoisotopic (exact) mass is 387 g/mol. The highest BCUT2D eigenvalue weighted by Gasteiger charge is 2.06. The summed E-state index contributed by atoms with van der Waals surface area (Å²) >= 11 is 1.49. The number of fused-ring (bicyclic) bond motifs is 1. The van der Waals surface area contributed by atoms with Crippen molar-refractivity contribution in [3.63, 3.8) is 0 Å². The molecule has 28 heavy (non-hydrogen) atoms. The molecule has 0 bridgehead atoms.